The molecule has 0 bridgehead atoms. The summed E-state index contributed by atoms with van der Waals surface area (Å²) in [5.74, 6) is 0.105. The molecule has 1 spiro atoms. The van der Waals surface area contributed by atoms with Gasteiger partial charge >= 0.3 is 0 Å². The molecule has 2 heterocycles. The molecule has 6 heteroatoms. The van der Waals surface area contributed by atoms with Crippen molar-refractivity contribution < 1.29 is 4.79 Å². The Bertz CT molecular complexity index is 501. The molecule has 2 aliphatic rings. The normalized spacial score (nSPS) is 24.4. The monoisotopic (exact) mass is 343 g/mol. The topological polar surface area (TPSA) is 44.4 Å². The van der Waals surface area contributed by atoms with E-state index in [0.717, 1.165) is 36.8 Å². The van der Waals surface area contributed by atoms with Gasteiger partial charge in [-0.15, -0.1) is 12.4 Å². The summed E-state index contributed by atoms with van der Waals surface area (Å²) in [6.07, 6.45) is 2.46. The zero-order valence-electron chi connectivity index (χ0n) is 12.6. The van der Waals surface area contributed by atoms with Crippen molar-refractivity contribution in [1.29, 1.82) is 0 Å². The molecule has 1 amide bonds. The lowest BCUT2D eigenvalue weighted by Crippen LogP contribution is -2.37. The number of likely N-dealkylation sites (tertiary alicyclic amines) is 1. The smallest absolute Gasteiger partial charge is 0.234 e. The van der Waals surface area contributed by atoms with Crippen molar-refractivity contribution in [1.82, 2.24) is 15.5 Å². The third-order valence-corrected chi connectivity index (χ3v) is 4.87. The van der Waals surface area contributed by atoms with Gasteiger partial charge in [0.1, 0.15) is 0 Å². The van der Waals surface area contributed by atoms with Gasteiger partial charge in [0.2, 0.25) is 5.91 Å². The minimum Gasteiger partial charge on any atom is -0.351 e. The molecule has 0 radical (unpaired) electrons. The first kappa shape index (κ1) is 17.5. The van der Waals surface area contributed by atoms with Crippen molar-refractivity contribution in [2.45, 2.75) is 19.4 Å². The van der Waals surface area contributed by atoms with Crippen LogP contribution in [0.25, 0.3) is 0 Å². The highest BCUT2D eigenvalue weighted by Crippen LogP contribution is 2.35. The molecule has 1 unspecified atom stereocenters. The summed E-state index contributed by atoms with van der Waals surface area (Å²) in [6, 6.07) is 7.58. The second-order valence-corrected chi connectivity index (χ2v) is 6.73. The van der Waals surface area contributed by atoms with E-state index in [0.29, 0.717) is 18.5 Å². The van der Waals surface area contributed by atoms with Gasteiger partial charge in [0, 0.05) is 24.7 Å². The van der Waals surface area contributed by atoms with Crippen LogP contribution >= 0.6 is 24.0 Å². The fourth-order valence-electron chi connectivity index (χ4n) is 3.37. The van der Waals surface area contributed by atoms with E-state index < -0.39 is 0 Å². The van der Waals surface area contributed by atoms with E-state index in [4.69, 9.17) is 11.6 Å². The Morgan fingerprint density at radius 1 is 1.32 bits per heavy atom. The first-order valence-electron chi connectivity index (χ1n) is 7.60. The number of nitrogens with zero attached hydrogens (tertiary/aromatic N) is 1. The Hall–Kier alpha value is -0.810. The van der Waals surface area contributed by atoms with Crippen LogP contribution in [0, 0.1) is 5.41 Å². The number of benzene rings is 1. The van der Waals surface area contributed by atoms with Crippen molar-refractivity contribution >= 4 is 29.9 Å². The molecule has 1 atom stereocenters. The van der Waals surface area contributed by atoms with Crippen LogP contribution in [-0.2, 0) is 11.3 Å². The van der Waals surface area contributed by atoms with Gasteiger partial charge in [-0.1, -0.05) is 23.7 Å². The van der Waals surface area contributed by atoms with Gasteiger partial charge in [0.25, 0.3) is 0 Å². The van der Waals surface area contributed by atoms with Crippen molar-refractivity contribution in [3.8, 4) is 0 Å². The molecule has 2 saturated heterocycles. The largest absolute Gasteiger partial charge is 0.351 e. The van der Waals surface area contributed by atoms with Crippen LogP contribution in [0.4, 0.5) is 0 Å². The second kappa shape index (κ2) is 7.64. The van der Waals surface area contributed by atoms with Gasteiger partial charge in [-0.05, 0) is 49.0 Å². The van der Waals surface area contributed by atoms with Crippen LogP contribution < -0.4 is 10.6 Å². The molecule has 122 valence electrons. The lowest BCUT2D eigenvalue weighted by atomic mass is 9.87. The Labute approximate surface area is 143 Å². The van der Waals surface area contributed by atoms with Crippen molar-refractivity contribution in [3.05, 3.63) is 34.9 Å². The molecule has 0 aliphatic carbocycles. The quantitative estimate of drug-likeness (QED) is 0.879. The van der Waals surface area contributed by atoms with Gasteiger partial charge < -0.3 is 10.6 Å². The number of nitrogens with one attached hydrogen (secondary N) is 2. The number of hydrogen-bond acceptors (Lipinski definition) is 3. The molecule has 0 aromatic heterocycles. The maximum Gasteiger partial charge on any atom is 0.234 e. The summed E-state index contributed by atoms with van der Waals surface area (Å²) >= 11 is 5.85. The number of rotatable bonds is 4. The van der Waals surface area contributed by atoms with E-state index in [2.05, 4.69) is 15.5 Å². The van der Waals surface area contributed by atoms with Crippen molar-refractivity contribution in [3.63, 3.8) is 0 Å². The average molecular weight is 344 g/mol. The van der Waals surface area contributed by atoms with Crippen molar-refractivity contribution in [2.75, 3.05) is 32.7 Å². The summed E-state index contributed by atoms with van der Waals surface area (Å²) in [5.41, 5.74) is 1.50. The zero-order valence-corrected chi connectivity index (χ0v) is 14.2. The number of hydrogen-bond donors (Lipinski definition) is 2. The van der Waals surface area contributed by atoms with Gasteiger partial charge in [-0.25, -0.2) is 0 Å². The Morgan fingerprint density at radius 3 is 2.77 bits per heavy atom. The van der Waals surface area contributed by atoms with Gasteiger partial charge in [-0.2, -0.15) is 0 Å². The van der Waals surface area contributed by atoms with Crippen LogP contribution in [0.3, 0.4) is 0 Å². The summed E-state index contributed by atoms with van der Waals surface area (Å²) in [6.45, 7) is 5.39. The molecule has 4 nitrogen and oxygen atoms in total. The summed E-state index contributed by atoms with van der Waals surface area (Å²) < 4.78 is 0. The first-order valence-corrected chi connectivity index (χ1v) is 7.97. The van der Waals surface area contributed by atoms with Crippen LogP contribution in [-0.4, -0.2) is 43.5 Å². The maximum atomic E-state index is 12.0. The number of amides is 1. The highest BCUT2D eigenvalue weighted by atomic mass is 35.5. The minimum absolute atomic E-state index is 0. The number of halogens is 2. The highest BCUT2D eigenvalue weighted by Gasteiger charge is 2.40. The predicted octanol–water partition coefficient (Wildman–Crippen LogP) is 2.06. The van der Waals surface area contributed by atoms with Crippen LogP contribution in [0.1, 0.15) is 18.4 Å². The number of carbonyl (C=O) groups excluding carboxylic acids is 1. The van der Waals surface area contributed by atoms with E-state index in [1.54, 1.807) is 0 Å². The van der Waals surface area contributed by atoms with Crippen LogP contribution in [0.15, 0.2) is 24.3 Å². The first-order chi connectivity index (χ1) is 10.2. The van der Waals surface area contributed by atoms with Crippen LogP contribution in [0.2, 0.25) is 5.02 Å². The SMILES string of the molecule is Cl.O=C(CN1CCC2(CCNC2)C1)NCc1ccc(Cl)cc1. The van der Waals surface area contributed by atoms with E-state index in [-0.39, 0.29) is 18.3 Å². The molecule has 2 aliphatic heterocycles. The lowest BCUT2D eigenvalue weighted by Gasteiger charge is -2.22. The van der Waals surface area contributed by atoms with E-state index in [9.17, 15) is 4.79 Å². The summed E-state index contributed by atoms with van der Waals surface area (Å²) in [5, 5.41) is 7.15. The molecule has 2 N–H and O–H groups in total. The van der Waals surface area contributed by atoms with Gasteiger partial charge in [-0.3, -0.25) is 9.69 Å². The minimum atomic E-state index is 0. The molecular formula is C16H23Cl2N3O. The third-order valence-electron chi connectivity index (χ3n) is 4.62. The molecule has 1 aromatic rings. The molecule has 3 rings (SSSR count). The van der Waals surface area contributed by atoms with Gasteiger partial charge in [0.05, 0.1) is 6.54 Å². The Kier molecular flexibility index (Phi) is 6.09. The molecule has 2 fully saturated rings. The van der Waals surface area contributed by atoms with E-state index in [1.807, 2.05) is 24.3 Å². The highest BCUT2D eigenvalue weighted by molar-refractivity contribution is 6.30. The zero-order chi connectivity index (χ0) is 14.7. The van der Waals surface area contributed by atoms with Gasteiger partial charge in [0.15, 0.2) is 0 Å². The molecule has 22 heavy (non-hydrogen) atoms. The Morgan fingerprint density at radius 2 is 2.09 bits per heavy atom. The summed E-state index contributed by atoms with van der Waals surface area (Å²) in [4.78, 5) is 14.3. The fourth-order valence-corrected chi connectivity index (χ4v) is 3.49. The predicted molar refractivity (Wildman–Crippen MR) is 91.5 cm³/mol. The standard InChI is InChI=1S/C16H22ClN3O.ClH/c17-14-3-1-13(2-4-14)9-19-15(21)10-20-8-6-16(12-20)5-7-18-11-16;/h1-4,18H,5-12H2,(H,19,21);1H. The van der Waals surface area contributed by atoms with Crippen LogP contribution in [0.5, 0.6) is 0 Å². The Balaban J connectivity index is 0.00000176. The fraction of sp³-hybridized carbons (Fsp3) is 0.562. The third kappa shape index (κ3) is 4.35. The number of carbonyl (C=O) groups is 1. The van der Waals surface area contributed by atoms with E-state index >= 15 is 0 Å². The van der Waals surface area contributed by atoms with Crippen molar-refractivity contribution in [2.24, 2.45) is 5.41 Å². The molecular weight excluding hydrogens is 321 g/mol. The second-order valence-electron chi connectivity index (χ2n) is 6.29. The average Bonchev–Trinajstić information content (AvgIpc) is 3.09. The molecule has 0 saturated carbocycles. The lowest BCUT2D eigenvalue weighted by molar-refractivity contribution is -0.122. The maximum absolute atomic E-state index is 12.0. The summed E-state index contributed by atoms with van der Waals surface area (Å²) in [7, 11) is 0. The molecule has 1 aromatic carbocycles. The van der Waals surface area contributed by atoms with E-state index in [1.165, 1.54) is 12.8 Å².